The third-order valence-corrected chi connectivity index (χ3v) is 2.73. The zero-order valence-corrected chi connectivity index (χ0v) is 10.3. The summed E-state index contributed by atoms with van der Waals surface area (Å²) in [6, 6.07) is 8.48. The van der Waals surface area contributed by atoms with E-state index in [0.29, 0.717) is 0 Å². The molecule has 0 bridgehead atoms. The maximum atomic E-state index is 3.79. The van der Waals surface area contributed by atoms with Gasteiger partial charge >= 0.3 is 0 Å². The number of benzene rings is 1. The van der Waals surface area contributed by atoms with Crippen molar-refractivity contribution in [1.82, 2.24) is 0 Å². The van der Waals surface area contributed by atoms with E-state index in [0.717, 1.165) is 13.0 Å². The number of hydrogen-bond donors (Lipinski definition) is 1. The van der Waals surface area contributed by atoms with E-state index in [2.05, 4.69) is 43.1 Å². The zero-order chi connectivity index (χ0) is 11.6. The van der Waals surface area contributed by atoms with Crippen LogP contribution in [0.1, 0.15) is 38.2 Å². The van der Waals surface area contributed by atoms with Crippen molar-refractivity contribution in [3.8, 4) is 0 Å². The molecule has 1 heteroatoms. The molecule has 0 amide bonds. The van der Waals surface area contributed by atoms with Gasteiger partial charge in [-0.15, -0.1) is 6.58 Å². The Bertz CT molecular complexity index is 304. The first-order valence-electron chi connectivity index (χ1n) is 6.31. The Morgan fingerprint density at radius 3 is 2.75 bits per heavy atom. The van der Waals surface area contributed by atoms with Gasteiger partial charge in [0.05, 0.1) is 0 Å². The molecule has 0 aromatic heterocycles. The molecule has 0 atom stereocenters. The van der Waals surface area contributed by atoms with E-state index in [1.165, 1.54) is 36.9 Å². The van der Waals surface area contributed by atoms with Gasteiger partial charge in [-0.25, -0.2) is 0 Å². The van der Waals surface area contributed by atoms with Crippen LogP contribution in [0.25, 0.3) is 0 Å². The molecule has 1 aromatic rings. The Morgan fingerprint density at radius 2 is 2.00 bits per heavy atom. The second-order valence-corrected chi connectivity index (χ2v) is 4.14. The molecular formula is C15H23N. The van der Waals surface area contributed by atoms with Gasteiger partial charge in [0.2, 0.25) is 0 Å². The Morgan fingerprint density at radius 1 is 1.19 bits per heavy atom. The standard InChI is InChI=1S/C15H23N/c1-3-5-6-9-13-16-15-12-8-7-11-14(15)10-4-2/h4,7-8,11-12,16H,2-3,5-6,9-10,13H2,1H3. The van der Waals surface area contributed by atoms with Gasteiger partial charge in [-0.2, -0.15) is 0 Å². The van der Waals surface area contributed by atoms with Crippen molar-refractivity contribution in [3.63, 3.8) is 0 Å². The fourth-order valence-electron chi connectivity index (χ4n) is 1.80. The molecular weight excluding hydrogens is 194 g/mol. The Balaban J connectivity index is 2.37. The molecule has 1 aromatic carbocycles. The summed E-state index contributed by atoms with van der Waals surface area (Å²) in [7, 11) is 0. The molecule has 0 aliphatic heterocycles. The molecule has 1 rings (SSSR count). The summed E-state index contributed by atoms with van der Waals surface area (Å²) >= 11 is 0. The maximum absolute atomic E-state index is 3.79. The van der Waals surface area contributed by atoms with Gasteiger partial charge < -0.3 is 5.32 Å². The zero-order valence-electron chi connectivity index (χ0n) is 10.3. The summed E-state index contributed by atoms with van der Waals surface area (Å²) in [6.07, 6.45) is 8.13. The quantitative estimate of drug-likeness (QED) is 0.502. The molecule has 0 saturated heterocycles. The van der Waals surface area contributed by atoms with Crippen LogP contribution < -0.4 is 5.32 Å². The summed E-state index contributed by atoms with van der Waals surface area (Å²) in [4.78, 5) is 0. The molecule has 0 saturated carbocycles. The van der Waals surface area contributed by atoms with E-state index in [-0.39, 0.29) is 0 Å². The average molecular weight is 217 g/mol. The van der Waals surface area contributed by atoms with Crippen LogP contribution in [-0.4, -0.2) is 6.54 Å². The van der Waals surface area contributed by atoms with Crippen LogP contribution in [-0.2, 0) is 6.42 Å². The van der Waals surface area contributed by atoms with E-state index in [1.54, 1.807) is 0 Å². The van der Waals surface area contributed by atoms with Crippen molar-refractivity contribution < 1.29 is 0 Å². The third kappa shape index (κ3) is 4.52. The third-order valence-electron chi connectivity index (χ3n) is 2.73. The fraction of sp³-hybridized carbons (Fsp3) is 0.467. The normalized spacial score (nSPS) is 10.1. The van der Waals surface area contributed by atoms with Crippen LogP contribution in [0.15, 0.2) is 36.9 Å². The molecule has 0 heterocycles. The Labute approximate surface area is 99.6 Å². The second kappa shape index (κ2) is 7.98. The van der Waals surface area contributed by atoms with Crippen LogP contribution >= 0.6 is 0 Å². The summed E-state index contributed by atoms with van der Waals surface area (Å²) in [6.45, 7) is 7.11. The lowest BCUT2D eigenvalue weighted by Gasteiger charge is -2.10. The SMILES string of the molecule is C=CCc1ccccc1NCCCCCC. The van der Waals surface area contributed by atoms with Crippen molar-refractivity contribution in [1.29, 1.82) is 0 Å². The first kappa shape index (κ1) is 12.8. The van der Waals surface area contributed by atoms with Crippen LogP contribution in [0.3, 0.4) is 0 Å². The molecule has 0 unspecified atom stereocenters. The van der Waals surface area contributed by atoms with Crippen molar-refractivity contribution >= 4 is 5.69 Å². The van der Waals surface area contributed by atoms with E-state index in [4.69, 9.17) is 0 Å². The van der Waals surface area contributed by atoms with Gasteiger partial charge in [0.25, 0.3) is 0 Å². The summed E-state index contributed by atoms with van der Waals surface area (Å²) in [5, 5.41) is 3.51. The van der Waals surface area contributed by atoms with Gasteiger partial charge in [0.1, 0.15) is 0 Å². The maximum Gasteiger partial charge on any atom is 0.0375 e. The molecule has 1 nitrogen and oxygen atoms in total. The summed E-state index contributed by atoms with van der Waals surface area (Å²) < 4.78 is 0. The fourth-order valence-corrected chi connectivity index (χ4v) is 1.80. The highest BCUT2D eigenvalue weighted by atomic mass is 14.9. The molecule has 0 fully saturated rings. The molecule has 16 heavy (non-hydrogen) atoms. The van der Waals surface area contributed by atoms with Crippen molar-refractivity contribution in [2.24, 2.45) is 0 Å². The van der Waals surface area contributed by atoms with E-state index in [9.17, 15) is 0 Å². The van der Waals surface area contributed by atoms with Crippen LogP contribution in [0.4, 0.5) is 5.69 Å². The van der Waals surface area contributed by atoms with Gasteiger partial charge in [0.15, 0.2) is 0 Å². The van der Waals surface area contributed by atoms with E-state index < -0.39 is 0 Å². The van der Waals surface area contributed by atoms with Crippen LogP contribution in [0.2, 0.25) is 0 Å². The van der Waals surface area contributed by atoms with Gasteiger partial charge in [0, 0.05) is 12.2 Å². The van der Waals surface area contributed by atoms with Crippen molar-refractivity contribution in [2.75, 3.05) is 11.9 Å². The topological polar surface area (TPSA) is 12.0 Å². The monoisotopic (exact) mass is 217 g/mol. The number of unbranched alkanes of at least 4 members (excludes halogenated alkanes) is 3. The number of anilines is 1. The van der Waals surface area contributed by atoms with Crippen molar-refractivity contribution in [2.45, 2.75) is 39.0 Å². The summed E-state index contributed by atoms with van der Waals surface area (Å²) in [5.74, 6) is 0. The Kier molecular flexibility index (Phi) is 6.39. The first-order chi connectivity index (χ1) is 7.88. The largest absolute Gasteiger partial charge is 0.385 e. The number of para-hydroxylation sites is 1. The predicted octanol–water partition coefficient (Wildman–Crippen LogP) is 4.41. The number of hydrogen-bond acceptors (Lipinski definition) is 1. The minimum absolute atomic E-state index is 0.943. The summed E-state index contributed by atoms with van der Waals surface area (Å²) in [5.41, 5.74) is 2.60. The molecule has 0 aliphatic rings. The van der Waals surface area contributed by atoms with Gasteiger partial charge in [-0.3, -0.25) is 0 Å². The molecule has 88 valence electrons. The molecule has 0 radical (unpaired) electrons. The lowest BCUT2D eigenvalue weighted by atomic mass is 10.1. The number of rotatable bonds is 8. The Hall–Kier alpha value is -1.24. The van der Waals surface area contributed by atoms with Crippen molar-refractivity contribution in [3.05, 3.63) is 42.5 Å². The number of nitrogens with one attached hydrogen (secondary N) is 1. The number of allylic oxidation sites excluding steroid dienone is 1. The minimum atomic E-state index is 0.943. The lowest BCUT2D eigenvalue weighted by molar-refractivity contribution is 0.685. The van der Waals surface area contributed by atoms with Crippen LogP contribution in [0, 0.1) is 0 Å². The highest BCUT2D eigenvalue weighted by molar-refractivity contribution is 5.51. The average Bonchev–Trinajstić information content (AvgIpc) is 2.31. The predicted molar refractivity (Wildman–Crippen MR) is 73.0 cm³/mol. The lowest BCUT2D eigenvalue weighted by Crippen LogP contribution is -2.03. The molecule has 1 N–H and O–H groups in total. The second-order valence-electron chi connectivity index (χ2n) is 4.14. The van der Waals surface area contributed by atoms with Gasteiger partial charge in [-0.05, 0) is 24.5 Å². The van der Waals surface area contributed by atoms with Crippen LogP contribution in [0.5, 0.6) is 0 Å². The minimum Gasteiger partial charge on any atom is -0.385 e. The molecule has 0 spiro atoms. The van der Waals surface area contributed by atoms with E-state index in [1.807, 2.05) is 6.08 Å². The smallest absolute Gasteiger partial charge is 0.0375 e. The highest BCUT2D eigenvalue weighted by Crippen LogP contribution is 2.16. The first-order valence-corrected chi connectivity index (χ1v) is 6.31. The van der Waals surface area contributed by atoms with Gasteiger partial charge in [-0.1, -0.05) is 50.5 Å². The van der Waals surface area contributed by atoms with E-state index >= 15 is 0 Å². The highest BCUT2D eigenvalue weighted by Gasteiger charge is 1.98. The molecule has 0 aliphatic carbocycles.